The van der Waals surface area contributed by atoms with Gasteiger partial charge in [0.2, 0.25) is 0 Å². The highest BCUT2D eigenvalue weighted by atomic mass is 35.5. The van der Waals surface area contributed by atoms with Gasteiger partial charge >= 0.3 is 0 Å². The molecule has 1 aliphatic carbocycles. The summed E-state index contributed by atoms with van der Waals surface area (Å²) in [6, 6.07) is 15.2. The fourth-order valence-corrected chi connectivity index (χ4v) is 2.99. The molecular formula is C17H19ClN2. The Bertz CT molecular complexity index is 605. The van der Waals surface area contributed by atoms with Crippen LogP contribution in [0.5, 0.6) is 0 Å². The largest absolute Gasteiger partial charge is 0.378 e. The molecule has 0 amide bonds. The fourth-order valence-electron chi connectivity index (χ4n) is 2.79. The highest BCUT2D eigenvalue weighted by Gasteiger charge is 2.22. The van der Waals surface area contributed by atoms with Crippen LogP contribution in [0.25, 0.3) is 0 Å². The quantitative estimate of drug-likeness (QED) is 0.893. The van der Waals surface area contributed by atoms with Gasteiger partial charge in [0.1, 0.15) is 0 Å². The number of aryl methyl sites for hydroxylation is 1. The lowest BCUT2D eigenvalue weighted by Gasteiger charge is -2.17. The van der Waals surface area contributed by atoms with Crippen LogP contribution in [0.15, 0.2) is 42.5 Å². The first kappa shape index (κ1) is 13.3. The molecule has 1 N–H and O–H groups in total. The van der Waals surface area contributed by atoms with E-state index < -0.39 is 0 Å². The number of anilines is 2. The van der Waals surface area contributed by atoms with Crippen molar-refractivity contribution in [3.05, 3.63) is 58.6 Å². The Hall–Kier alpha value is -1.67. The van der Waals surface area contributed by atoms with E-state index in [1.165, 1.54) is 22.5 Å². The number of halogens is 1. The number of hydrogen-bond donors (Lipinski definition) is 1. The van der Waals surface area contributed by atoms with Gasteiger partial charge in [0.05, 0.1) is 6.04 Å². The average molecular weight is 287 g/mol. The Labute approximate surface area is 125 Å². The fraction of sp³-hybridized carbons (Fsp3) is 0.294. The van der Waals surface area contributed by atoms with Crippen molar-refractivity contribution in [2.75, 3.05) is 24.3 Å². The van der Waals surface area contributed by atoms with Gasteiger partial charge in [0.25, 0.3) is 0 Å². The number of hydrogen-bond acceptors (Lipinski definition) is 2. The van der Waals surface area contributed by atoms with Crippen LogP contribution < -0.4 is 10.2 Å². The topological polar surface area (TPSA) is 15.3 Å². The van der Waals surface area contributed by atoms with E-state index in [4.69, 9.17) is 11.6 Å². The van der Waals surface area contributed by atoms with Crippen LogP contribution >= 0.6 is 11.6 Å². The van der Waals surface area contributed by atoms with E-state index in [9.17, 15) is 0 Å². The van der Waals surface area contributed by atoms with Gasteiger partial charge in [-0.25, -0.2) is 0 Å². The summed E-state index contributed by atoms with van der Waals surface area (Å²) < 4.78 is 0. The van der Waals surface area contributed by atoms with Crippen molar-refractivity contribution in [1.29, 1.82) is 0 Å². The summed E-state index contributed by atoms with van der Waals surface area (Å²) in [6.07, 6.45) is 2.23. The van der Waals surface area contributed by atoms with Gasteiger partial charge < -0.3 is 10.2 Å². The standard InChI is InChI=1S/C17H19ClN2/c1-20(2)15-7-5-14(6-8-15)19-17-10-3-12-11-13(18)4-9-16(12)17/h4-9,11,17,19H,3,10H2,1-2H3. The van der Waals surface area contributed by atoms with Crippen LogP contribution in [0, 0.1) is 0 Å². The minimum atomic E-state index is 0.396. The second-order valence-corrected chi connectivity index (χ2v) is 5.96. The van der Waals surface area contributed by atoms with Crippen molar-refractivity contribution in [2.24, 2.45) is 0 Å². The van der Waals surface area contributed by atoms with Crippen molar-refractivity contribution >= 4 is 23.0 Å². The minimum Gasteiger partial charge on any atom is -0.378 e. The van der Waals surface area contributed by atoms with Crippen LogP contribution in [-0.2, 0) is 6.42 Å². The van der Waals surface area contributed by atoms with E-state index in [1.54, 1.807) is 0 Å². The van der Waals surface area contributed by atoms with E-state index >= 15 is 0 Å². The maximum atomic E-state index is 6.05. The molecule has 3 rings (SSSR count). The first-order valence-electron chi connectivity index (χ1n) is 6.96. The minimum absolute atomic E-state index is 0.396. The second kappa shape index (κ2) is 5.37. The van der Waals surface area contributed by atoms with Crippen LogP contribution in [0.1, 0.15) is 23.6 Å². The zero-order valence-electron chi connectivity index (χ0n) is 11.9. The molecule has 2 nitrogen and oxygen atoms in total. The third-order valence-electron chi connectivity index (χ3n) is 3.91. The van der Waals surface area contributed by atoms with Crippen LogP contribution in [0.3, 0.4) is 0 Å². The molecule has 20 heavy (non-hydrogen) atoms. The maximum absolute atomic E-state index is 6.05. The van der Waals surface area contributed by atoms with E-state index in [2.05, 4.69) is 60.7 Å². The van der Waals surface area contributed by atoms with E-state index in [1.807, 2.05) is 6.07 Å². The number of benzene rings is 2. The van der Waals surface area contributed by atoms with Crippen LogP contribution in [-0.4, -0.2) is 14.1 Å². The summed E-state index contributed by atoms with van der Waals surface area (Å²) in [5, 5.41) is 4.45. The molecule has 1 aliphatic rings. The van der Waals surface area contributed by atoms with Crippen molar-refractivity contribution in [3.63, 3.8) is 0 Å². The van der Waals surface area contributed by atoms with Gasteiger partial charge in [0, 0.05) is 30.5 Å². The highest BCUT2D eigenvalue weighted by Crippen LogP contribution is 2.35. The normalized spacial score (nSPS) is 16.9. The summed E-state index contributed by atoms with van der Waals surface area (Å²) in [5.41, 5.74) is 5.14. The van der Waals surface area contributed by atoms with Gasteiger partial charge in [-0.15, -0.1) is 0 Å². The summed E-state index contributed by atoms with van der Waals surface area (Å²) in [7, 11) is 4.11. The van der Waals surface area contributed by atoms with Crippen molar-refractivity contribution in [3.8, 4) is 0 Å². The van der Waals surface area contributed by atoms with E-state index in [0.29, 0.717) is 6.04 Å². The van der Waals surface area contributed by atoms with Crippen LogP contribution in [0.2, 0.25) is 5.02 Å². The lowest BCUT2D eigenvalue weighted by molar-refractivity contribution is 0.762. The molecule has 1 atom stereocenters. The van der Waals surface area contributed by atoms with Gasteiger partial charge in [-0.2, -0.15) is 0 Å². The molecule has 0 saturated heterocycles. The first-order valence-corrected chi connectivity index (χ1v) is 7.33. The Morgan fingerprint density at radius 3 is 2.55 bits per heavy atom. The molecule has 0 fully saturated rings. The van der Waals surface area contributed by atoms with E-state index in [-0.39, 0.29) is 0 Å². The highest BCUT2D eigenvalue weighted by molar-refractivity contribution is 6.30. The SMILES string of the molecule is CN(C)c1ccc(NC2CCc3cc(Cl)ccc32)cc1. The Morgan fingerprint density at radius 1 is 1.10 bits per heavy atom. The van der Waals surface area contributed by atoms with Gasteiger partial charge in [0.15, 0.2) is 0 Å². The molecule has 0 aromatic heterocycles. The molecule has 0 radical (unpaired) electrons. The molecule has 0 aliphatic heterocycles. The summed E-state index contributed by atoms with van der Waals surface area (Å²) in [4.78, 5) is 2.11. The summed E-state index contributed by atoms with van der Waals surface area (Å²) in [5.74, 6) is 0. The molecular weight excluding hydrogens is 268 g/mol. The van der Waals surface area contributed by atoms with Crippen molar-refractivity contribution in [1.82, 2.24) is 0 Å². The van der Waals surface area contributed by atoms with Crippen molar-refractivity contribution < 1.29 is 0 Å². The zero-order valence-corrected chi connectivity index (χ0v) is 12.6. The lowest BCUT2D eigenvalue weighted by atomic mass is 10.1. The number of nitrogens with zero attached hydrogens (tertiary/aromatic N) is 1. The van der Waals surface area contributed by atoms with Gasteiger partial charge in [-0.3, -0.25) is 0 Å². The van der Waals surface area contributed by atoms with Crippen molar-refractivity contribution in [2.45, 2.75) is 18.9 Å². The summed E-state index contributed by atoms with van der Waals surface area (Å²) in [6.45, 7) is 0. The smallest absolute Gasteiger partial charge is 0.0519 e. The van der Waals surface area contributed by atoms with Crippen LogP contribution in [0.4, 0.5) is 11.4 Å². The monoisotopic (exact) mass is 286 g/mol. The Morgan fingerprint density at radius 2 is 1.85 bits per heavy atom. The zero-order chi connectivity index (χ0) is 14.1. The molecule has 3 heteroatoms. The molecule has 2 aromatic carbocycles. The average Bonchev–Trinajstić information content (AvgIpc) is 2.81. The molecule has 1 unspecified atom stereocenters. The number of fused-ring (bicyclic) bond motifs is 1. The number of rotatable bonds is 3. The molecule has 2 aromatic rings. The molecule has 0 heterocycles. The third kappa shape index (κ3) is 2.61. The lowest BCUT2D eigenvalue weighted by Crippen LogP contribution is -2.09. The van der Waals surface area contributed by atoms with Gasteiger partial charge in [-0.1, -0.05) is 17.7 Å². The predicted molar refractivity (Wildman–Crippen MR) is 86.9 cm³/mol. The Kier molecular flexibility index (Phi) is 3.58. The second-order valence-electron chi connectivity index (χ2n) is 5.52. The summed E-state index contributed by atoms with van der Waals surface area (Å²) >= 11 is 6.05. The predicted octanol–water partition coefficient (Wildman–Crippen LogP) is 4.51. The van der Waals surface area contributed by atoms with E-state index in [0.717, 1.165) is 17.9 Å². The molecule has 0 bridgehead atoms. The molecule has 0 spiro atoms. The molecule has 0 saturated carbocycles. The number of nitrogens with one attached hydrogen (secondary N) is 1. The third-order valence-corrected chi connectivity index (χ3v) is 4.14. The van der Waals surface area contributed by atoms with Gasteiger partial charge in [-0.05, 0) is 60.4 Å². The molecule has 104 valence electrons. The first-order chi connectivity index (χ1) is 9.63. The Balaban J connectivity index is 1.77. The maximum Gasteiger partial charge on any atom is 0.0519 e.